The van der Waals surface area contributed by atoms with Crippen molar-refractivity contribution in [3.8, 4) is 5.75 Å². The van der Waals surface area contributed by atoms with E-state index in [-0.39, 0.29) is 17.7 Å². The molecule has 1 aliphatic rings. The summed E-state index contributed by atoms with van der Waals surface area (Å²) in [6, 6.07) is 3.59. The van der Waals surface area contributed by atoms with Crippen LogP contribution in [0.2, 0.25) is 0 Å². The maximum atomic E-state index is 13.6. The number of rotatable bonds is 4. The number of aromatic hydroxyl groups is 1. The quantitative estimate of drug-likeness (QED) is 0.681. The molecule has 1 aliphatic heterocycles. The molecular weight excluding hydrogens is 302 g/mol. The third kappa shape index (κ3) is 3.51. The predicted octanol–water partition coefficient (Wildman–Crippen LogP) is 2.81. The van der Waals surface area contributed by atoms with Gasteiger partial charge in [0.25, 0.3) is 0 Å². The van der Waals surface area contributed by atoms with E-state index in [9.17, 15) is 14.3 Å². The van der Waals surface area contributed by atoms with Gasteiger partial charge in [0.15, 0.2) is 0 Å². The minimum Gasteiger partial charge on any atom is -0.508 e. The first kappa shape index (κ1) is 17.8. The van der Waals surface area contributed by atoms with Crippen molar-refractivity contribution in [2.24, 2.45) is 0 Å². The number of halogens is 1. The molecule has 1 unspecified atom stereocenters. The molecule has 1 atom stereocenters. The van der Waals surface area contributed by atoms with Gasteiger partial charge in [-0.05, 0) is 51.5 Å². The summed E-state index contributed by atoms with van der Waals surface area (Å²) < 4.78 is 30.2. The lowest BCUT2D eigenvalue weighted by Gasteiger charge is -2.32. The van der Waals surface area contributed by atoms with Crippen LogP contribution in [-0.4, -0.2) is 36.5 Å². The number of hydrogen-bond acceptors (Lipinski definition) is 5. The van der Waals surface area contributed by atoms with Gasteiger partial charge in [-0.25, -0.2) is 4.39 Å². The molecule has 23 heavy (non-hydrogen) atoms. The van der Waals surface area contributed by atoms with Crippen molar-refractivity contribution in [1.82, 2.24) is 0 Å². The van der Waals surface area contributed by atoms with Crippen molar-refractivity contribution in [3.05, 3.63) is 29.6 Å². The number of phenols is 1. The third-order valence-electron chi connectivity index (χ3n) is 4.60. The van der Waals surface area contributed by atoms with Gasteiger partial charge >= 0.3 is 13.1 Å². The average Bonchev–Trinajstić information content (AvgIpc) is 2.67. The Labute approximate surface area is 135 Å². The second-order valence-electron chi connectivity index (χ2n) is 6.71. The summed E-state index contributed by atoms with van der Waals surface area (Å²) >= 11 is 0. The van der Waals surface area contributed by atoms with Crippen molar-refractivity contribution in [2.75, 3.05) is 7.11 Å². The number of phenolic OH excluding ortho intramolecular Hbond substituents is 1. The van der Waals surface area contributed by atoms with E-state index in [4.69, 9.17) is 14.0 Å². The van der Waals surface area contributed by atoms with E-state index < -0.39 is 35.9 Å². The zero-order chi connectivity index (χ0) is 17.4. The molecule has 7 heteroatoms. The van der Waals surface area contributed by atoms with E-state index >= 15 is 0 Å². The summed E-state index contributed by atoms with van der Waals surface area (Å²) in [6.45, 7) is 7.53. The number of methoxy groups -OCH3 is 1. The monoisotopic (exact) mass is 324 g/mol. The molecule has 1 aromatic rings. The van der Waals surface area contributed by atoms with Gasteiger partial charge in [-0.15, -0.1) is 0 Å². The zero-order valence-corrected chi connectivity index (χ0v) is 14.1. The van der Waals surface area contributed by atoms with Crippen molar-refractivity contribution in [2.45, 2.75) is 51.1 Å². The van der Waals surface area contributed by atoms with Gasteiger partial charge in [0.05, 0.1) is 24.7 Å². The summed E-state index contributed by atoms with van der Waals surface area (Å²) in [5.74, 6) is -1.80. The molecule has 0 radical (unpaired) electrons. The highest BCUT2D eigenvalue weighted by molar-refractivity contribution is 6.48. The highest BCUT2D eigenvalue weighted by atomic mass is 19.1. The molecule has 0 saturated carbocycles. The van der Waals surface area contributed by atoms with E-state index in [0.717, 1.165) is 6.07 Å². The van der Waals surface area contributed by atoms with Crippen LogP contribution in [0.3, 0.4) is 0 Å². The summed E-state index contributed by atoms with van der Waals surface area (Å²) in [6.07, 6.45) is -0.0929. The number of ether oxygens (including phenoxy) is 1. The molecule has 0 aliphatic carbocycles. The molecule has 0 aromatic heterocycles. The Morgan fingerprint density at radius 1 is 1.30 bits per heavy atom. The van der Waals surface area contributed by atoms with Gasteiger partial charge < -0.3 is 19.2 Å². The van der Waals surface area contributed by atoms with Gasteiger partial charge in [0.1, 0.15) is 11.6 Å². The van der Waals surface area contributed by atoms with Crippen molar-refractivity contribution in [1.29, 1.82) is 0 Å². The maximum absolute atomic E-state index is 13.6. The van der Waals surface area contributed by atoms with Crippen LogP contribution in [0.1, 0.15) is 45.5 Å². The summed E-state index contributed by atoms with van der Waals surface area (Å²) in [5.41, 5.74) is -0.946. The standard InChI is InChI=1S/C16H22BFO5/c1-15(2)16(3,4)23-17(22-15)12(9-14(20)21-5)11-8-10(18)6-7-13(11)19/h6-8,12,19H,9H2,1-5H3. The molecule has 1 N–H and O–H groups in total. The summed E-state index contributed by atoms with van der Waals surface area (Å²) in [5, 5.41) is 10.1. The topological polar surface area (TPSA) is 65.0 Å². The molecule has 5 nitrogen and oxygen atoms in total. The first-order chi connectivity index (χ1) is 10.6. The Hall–Kier alpha value is -1.60. The molecule has 1 saturated heterocycles. The Morgan fingerprint density at radius 2 is 1.87 bits per heavy atom. The predicted molar refractivity (Wildman–Crippen MR) is 83.5 cm³/mol. The largest absolute Gasteiger partial charge is 0.508 e. The number of carbonyl (C=O) groups is 1. The molecule has 126 valence electrons. The van der Waals surface area contributed by atoms with E-state index in [2.05, 4.69) is 0 Å². The summed E-state index contributed by atoms with van der Waals surface area (Å²) in [7, 11) is 0.474. The van der Waals surface area contributed by atoms with E-state index in [1.54, 1.807) is 0 Å². The number of esters is 1. The van der Waals surface area contributed by atoms with Crippen LogP contribution in [-0.2, 0) is 18.8 Å². The number of carbonyl (C=O) groups excluding carboxylic acids is 1. The molecular formula is C16H22BFO5. The van der Waals surface area contributed by atoms with Crippen LogP contribution in [0.5, 0.6) is 5.75 Å². The fraction of sp³-hybridized carbons (Fsp3) is 0.562. The van der Waals surface area contributed by atoms with Crippen LogP contribution in [0.15, 0.2) is 18.2 Å². The van der Waals surface area contributed by atoms with Gasteiger partial charge in [0, 0.05) is 5.82 Å². The van der Waals surface area contributed by atoms with Gasteiger partial charge in [0.2, 0.25) is 0 Å². The Kier molecular flexibility index (Phi) is 4.73. The first-order valence-electron chi connectivity index (χ1n) is 7.48. The van der Waals surface area contributed by atoms with Gasteiger partial charge in [-0.1, -0.05) is 0 Å². The minimum atomic E-state index is -0.799. The Bertz CT molecular complexity index is 586. The molecule has 1 aromatic carbocycles. The normalized spacial score (nSPS) is 20.3. The average molecular weight is 324 g/mol. The number of benzene rings is 1. The zero-order valence-electron chi connectivity index (χ0n) is 14.1. The minimum absolute atomic E-state index is 0.0929. The molecule has 2 rings (SSSR count). The highest BCUT2D eigenvalue weighted by Crippen LogP contribution is 2.43. The molecule has 0 spiro atoms. The van der Waals surface area contributed by atoms with E-state index in [1.807, 2.05) is 27.7 Å². The lowest BCUT2D eigenvalue weighted by molar-refractivity contribution is -0.140. The van der Waals surface area contributed by atoms with Crippen molar-refractivity contribution < 1.29 is 28.3 Å². The lowest BCUT2D eigenvalue weighted by atomic mass is 9.66. The Balaban J connectivity index is 2.40. The van der Waals surface area contributed by atoms with Gasteiger partial charge in [-0.3, -0.25) is 4.79 Å². The summed E-state index contributed by atoms with van der Waals surface area (Å²) in [4.78, 5) is 11.8. The molecule has 0 bridgehead atoms. The van der Waals surface area contributed by atoms with Gasteiger partial charge in [-0.2, -0.15) is 0 Å². The van der Waals surface area contributed by atoms with Crippen LogP contribution in [0.4, 0.5) is 4.39 Å². The van der Waals surface area contributed by atoms with Crippen LogP contribution >= 0.6 is 0 Å². The fourth-order valence-corrected chi connectivity index (χ4v) is 2.49. The SMILES string of the molecule is COC(=O)CC(B1OC(C)(C)C(C)(C)O1)c1cc(F)ccc1O. The van der Waals surface area contributed by atoms with Crippen LogP contribution < -0.4 is 0 Å². The van der Waals surface area contributed by atoms with Crippen LogP contribution in [0, 0.1) is 5.82 Å². The molecule has 1 fully saturated rings. The first-order valence-corrected chi connectivity index (χ1v) is 7.48. The fourth-order valence-electron chi connectivity index (χ4n) is 2.49. The van der Waals surface area contributed by atoms with Crippen molar-refractivity contribution in [3.63, 3.8) is 0 Å². The smallest absolute Gasteiger partial charge is 0.466 e. The second-order valence-corrected chi connectivity index (χ2v) is 6.71. The van der Waals surface area contributed by atoms with Crippen molar-refractivity contribution >= 4 is 13.1 Å². The number of hydrogen-bond donors (Lipinski definition) is 1. The van der Waals surface area contributed by atoms with E-state index in [0.29, 0.717) is 0 Å². The van der Waals surface area contributed by atoms with Crippen LogP contribution in [0.25, 0.3) is 0 Å². The Morgan fingerprint density at radius 3 is 2.39 bits per heavy atom. The lowest BCUT2D eigenvalue weighted by Crippen LogP contribution is -2.41. The molecule has 1 heterocycles. The molecule has 0 amide bonds. The van der Waals surface area contributed by atoms with E-state index in [1.165, 1.54) is 19.2 Å². The second kappa shape index (κ2) is 6.13. The third-order valence-corrected chi connectivity index (χ3v) is 4.60. The maximum Gasteiger partial charge on any atom is 0.466 e. The highest BCUT2D eigenvalue weighted by Gasteiger charge is 2.54.